The van der Waals surface area contributed by atoms with Gasteiger partial charge in [-0.05, 0) is 66.5 Å². The average molecular weight is 440 g/mol. The molecule has 2 rings (SSSR count). The number of hydrogen-bond donors (Lipinski definition) is 1. The maximum Gasteiger partial charge on any atom is 0.241 e. The van der Waals surface area contributed by atoms with Gasteiger partial charge in [0.05, 0.1) is 4.90 Å². The third-order valence-corrected chi connectivity index (χ3v) is 6.95. The molecule has 1 aliphatic heterocycles. The first-order chi connectivity index (χ1) is 9.90. The minimum atomic E-state index is -3.48. The van der Waals surface area contributed by atoms with Crippen molar-refractivity contribution in [3.63, 3.8) is 0 Å². The second-order valence-corrected chi connectivity index (χ2v) is 8.78. The van der Waals surface area contributed by atoms with Crippen molar-refractivity contribution in [2.45, 2.75) is 31.1 Å². The maximum atomic E-state index is 12.4. The molecule has 1 aromatic carbocycles. The van der Waals surface area contributed by atoms with Crippen molar-refractivity contribution in [1.82, 2.24) is 9.62 Å². The standard InChI is InChI=1S/C14H20Br2N2O2S/c1-11-9-13(16)14(10-12(11)15)21(19,20)17-5-8-18-6-3-2-4-7-18/h9-10,17H,2-8H2,1H3. The molecule has 0 aliphatic carbocycles. The molecule has 118 valence electrons. The highest BCUT2D eigenvalue weighted by Crippen LogP contribution is 2.28. The van der Waals surface area contributed by atoms with E-state index < -0.39 is 10.0 Å². The summed E-state index contributed by atoms with van der Waals surface area (Å²) in [5.74, 6) is 0. The lowest BCUT2D eigenvalue weighted by molar-refractivity contribution is 0.233. The van der Waals surface area contributed by atoms with Gasteiger partial charge in [-0.15, -0.1) is 0 Å². The van der Waals surface area contributed by atoms with E-state index in [1.807, 2.05) is 13.0 Å². The van der Waals surface area contributed by atoms with E-state index in [9.17, 15) is 8.42 Å². The van der Waals surface area contributed by atoms with Gasteiger partial charge in [-0.3, -0.25) is 0 Å². The van der Waals surface area contributed by atoms with Crippen molar-refractivity contribution < 1.29 is 8.42 Å². The summed E-state index contributed by atoms with van der Waals surface area (Å²) in [5.41, 5.74) is 0.995. The van der Waals surface area contributed by atoms with Crippen molar-refractivity contribution in [1.29, 1.82) is 0 Å². The smallest absolute Gasteiger partial charge is 0.241 e. The lowest BCUT2D eigenvalue weighted by Crippen LogP contribution is -2.37. The van der Waals surface area contributed by atoms with Crippen LogP contribution in [0.4, 0.5) is 0 Å². The maximum absolute atomic E-state index is 12.4. The predicted molar refractivity (Wildman–Crippen MR) is 92.1 cm³/mol. The van der Waals surface area contributed by atoms with E-state index in [1.165, 1.54) is 19.3 Å². The summed E-state index contributed by atoms with van der Waals surface area (Å²) in [6.07, 6.45) is 3.71. The Hall–Kier alpha value is 0.0500. The van der Waals surface area contributed by atoms with Gasteiger partial charge in [-0.25, -0.2) is 13.1 Å². The molecule has 21 heavy (non-hydrogen) atoms. The summed E-state index contributed by atoms with van der Waals surface area (Å²) in [6, 6.07) is 3.45. The summed E-state index contributed by atoms with van der Waals surface area (Å²) in [4.78, 5) is 2.59. The molecule has 0 spiro atoms. The van der Waals surface area contributed by atoms with E-state index >= 15 is 0 Å². The van der Waals surface area contributed by atoms with E-state index in [-0.39, 0.29) is 4.90 Å². The highest BCUT2D eigenvalue weighted by atomic mass is 79.9. The monoisotopic (exact) mass is 438 g/mol. The van der Waals surface area contributed by atoms with Gasteiger partial charge < -0.3 is 4.90 Å². The molecule has 1 fully saturated rings. The highest BCUT2D eigenvalue weighted by molar-refractivity contribution is 9.11. The minimum Gasteiger partial charge on any atom is -0.302 e. The van der Waals surface area contributed by atoms with Crippen LogP contribution in [-0.4, -0.2) is 39.5 Å². The Morgan fingerprint density at radius 2 is 1.81 bits per heavy atom. The molecule has 1 heterocycles. The molecule has 4 nitrogen and oxygen atoms in total. The molecule has 1 aliphatic rings. The van der Waals surface area contributed by atoms with Crippen LogP contribution in [0.15, 0.2) is 26.0 Å². The van der Waals surface area contributed by atoms with E-state index in [0.29, 0.717) is 11.0 Å². The van der Waals surface area contributed by atoms with Crippen molar-refractivity contribution in [2.75, 3.05) is 26.2 Å². The summed E-state index contributed by atoms with van der Waals surface area (Å²) < 4.78 is 28.8. The summed E-state index contributed by atoms with van der Waals surface area (Å²) in [5, 5.41) is 0. The number of aryl methyl sites for hydroxylation is 1. The molecular formula is C14H20Br2N2O2S. The summed E-state index contributed by atoms with van der Waals surface area (Å²) >= 11 is 6.72. The Kier molecular flexibility index (Phi) is 6.25. The van der Waals surface area contributed by atoms with Crippen molar-refractivity contribution >= 4 is 41.9 Å². The van der Waals surface area contributed by atoms with E-state index in [2.05, 4.69) is 41.5 Å². The van der Waals surface area contributed by atoms with Gasteiger partial charge in [-0.2, -0.15) is 0 Å². The van der Waals surface area contributed by atoms with Crippen LogP contribution in [0.25, 0.3) is 0 Å². The van der Waals surface area contributed by atoms with Crippen LogP contribution in [0.1, 0.15) is 24.8 Å². The normalized spacial score (nSPS) is 17.1. The van der Waals surface area contributed by atoms with Gasteiger partial charge in [0.15, 0.2) is 0 Å². The van der Waals surface area contributed by atoms with Crippen LogP contribution >= 0.6 is 31.9 Å². The molecule has 1 aromatic rings. The Bertz CT molecular complexity index is 599. The largest absolute Gasteiger partial charge is 0.302 e. The number of nitrogens with zero attached hydrogens (tertiary/aromatic N) is 1. The van der Waals surface area contributed by atoms with E-state index in [4.69, 9.17) is 0 Å². The predicted octanol–water partition coefficient (Wildman–Crippen LogP) is 3.28. The van der Waals surface area contributed by atoms with E-state index in [1.54, 1.807) is 6.07 Å². The second-order valence-electron chi connectivity index (χ2n) is 5.33. The molecule has 0 amide bonds. The molecular weight excluding hydrogens is 420 g/mol. The lowest BCUT2D eigenvalue weighted by atomic mass is 10.1. The van der Waals surface area contributed by atoms with Crippen LogP contribution in [0.2, 0.25) is 0 Å². The molecule has 0 bridgehead atoms. The number of piperidine rings is 1. The number of halogens is 2. The van der Waals surface area contributed by atoms with Crippen molar-refractivity contribution in [3.05, 3.63) is 26.6 Å². The van der Waals surface area contributed by atoms with Crippen LogP contribution in [-0.2, 0) is 10.0 Å². The molecule has 0 atom stereocenters. The third kappa shape index (κ3) is 4.76. The topological polar surface area (TPSA) is 49.4 Å². The van der Waals surface area contributed by atoms with Crippen molar-refractivity contribution in [3.8, 4) is 0 Å². The first kappa shape index (κ1) is 17.4. The van der Waals surface area contributed by atoms with Gasteiger partial charge in [-0.1, -0.05) is 22.4 Å². The van der Waals surface area contributed by atoms with Crippen LogP contribution in [0.3, 0.4) is 0 Å². The Morgan fingerprint density at radius 1 is 1.14 bits per heavy atom. The Balaban J connectivity index is 1.99. The number of nitrogens with one attached hydrogen (secondary N) is 1. The number of benzene rings is 1. The molecule has 0 unspecified atom stereocenters. The summed E-state index contributed by atoms with van der Waals surface area (Å²) in [6.45, 7) is 5.28. The third-order valence-electron chi connectivity index (χ3n) is 3.67. The van der Waals surface area contributed by atoms with Crippen molar-refractivity contribution in [2.24, 2.45) is 0 Å². The zero-order valence-corrected chi connectivity index (χ0v) is 16.0. The fourth-order valence-electron chi connectivity index (χ4n) is 2.43. The quantitative estimate of drug-likeness (QED) is 0.765. The van der Waals surface area contributed by atoms with Gasteiger partial charge in [0, 0.05) is 22.0 Å². The fraction of sp³-hybridized carbons (Fsp3) is 0.571. The molecule has 1 saturated heterocycles. The SMILES string of the molecule is Cc1cc(Br)c(S(=O)(=O)NCCN2CCCCC2)cc1Br. The van der Waals surface area contributed by atoms with Gasteiger partial charge in [0.2, 0.25) is 10.0 Å². The minimum absolute atomic E-state index is 0.276. The number of hydrogen-bond acceptors (Lipinski definition) is 3. The molecule has 0 radical (unpaired) electrons. The highest BCUT2D eigenvalue weighted by Gasteiger charge is 2.19. The zero-order valence-electron chi connectivity index (χ0n) is 12.0. The van der Waals surface area contributed by atoms with E-state index in [0.717, 1.165) is 29.7 Å². The van der Waals surface area contributed by atoms with Gasteiger partial charge in [0.25, 0.3) is 0 Å². The molecule has 7 heteroatoms. The zero-order chi connectivity index (χ0) is 15.5. The van der Waals surface area contributed by atoms with Crippen LogP contribution in [0, 0.1) is 6.92 Å². The van der Waals surface area contributed by atoms with Crippen LogP contribution < -0.4 is 4.72 Å². The number of sulfonamides is 1. The molecule has 1 N–H and O–H groups in total. The van der Waals surface area contributed by atoms with Gasteiger partial charge in [0.1, 0.15) is 0 Å². The number of rotatable bonds is 5. The first-order valence-corrected chi connectivity index (χ1v) is 10.1. The summed E-state index contributed by atoms with van der Waals surface area (Å²) in [7, 11) is -3.48. The fourth-order valence-corrected chi connectivity index (χ4v) is 5.13. The second kappa shape index (κ2) is 7.55. The molecule has 0 saturated carbocycles. The number of likely N-dealkylation sites (tertiary alicyclic amines) is 1. The average Bonchev–Trinajstić information content (AvgIpc) is 2.43. The Morgan fingerprint density at radius 3 is 2.48 bits per heavy atom. The van der Waals surface area contributed by atoms with Crippen LogP contribution in [0.5, 0.6) is 0 Å². The molecule has 0 aromatic heterocycles. The lowest BCUT2D eigenvalue weighted by Gasteiger charge is -2.26. The van der Waals surface area contributed by atoms with Gasteiger partial charge >= 0.3 is 0 Å². The first-order valence-electron chi connectivity index (χ1n) is 7.08. The Labute approximate surface area is 143 Å².